The SMILES string of the molecule is CC(C)N1CC(C2c3c#cccc3CSc3ccc(F)cc32)n2c(O)nc(=O)c(O)c2C1=O. The van der Waals surface area contributed by atoms with Crippen LogP contribution >= 0.6 is 11.8 Å². The maximum absolute atomic E-state index is 14.5. The number of carbonyl (C=O) groups is 1. The standard InChI is InChI=1S/C24H20FN3O4S/c1-12(2)27-10-17(28-20(23(27)31)21(29)22(30)26-24(28)32)19-15-6-4-3-5-13(15)11-33-18-8-7-14(25)9-16(18)19/h3,5,7-9,12,17,19,29H,10-11H2,1-2H3,(H,26,30,32). The number of thioether (sulfide) groups is 1. The Hall–Kier alpha value is -3.51. The van der Waals surface area contributed by atoms with E-state index in [2.05, 4.69) is 17.1 Å². The van der Waals surface area contributed by atoms with Crippen molar-refractivity contribution in [3.8, 4) is 11.8 Å². The van der Waals surface area contributed by atoms with Crippen LogP contribution in [0.4, 0.5) is 4.39 Å². The number of aromatic hydroxyl groups is 2. The van der Waals surface area contributed by atoms with Gasteiger partial charge in [-0.25, -0.2) is 4.39 Å². The molecule has 2 aliphatic rings. The summed E-state index contributed by atoms with van der Waals surface area (Å²) in [5.74, 6) is -1.75. The summed E-state index contributed by atoms with van der Waals surface area (Å²) in [4.78, 5) is 31.3. The largest absolute Gasteiger partial charge is 0.501 e. The molecule has 3 heterocycles. The Labute approximate surface area is 193 Å². The van der Waals surface area contributed by atoms with Crippen molar-refractivity contribution >= 4 is 17.7 Å². The van der Waals surface area contributed by atoms with Gasteiger partial charge >= 0.3 is 5.56 Å². The number of nitrogens with zero attached hydrogens (tertiary/aromatic N) is 3. The highest BCUT2D eigenvalue weighted by atomic mass is 32.2. The fourth-order valence-corrected chi connectivity index (χ4v) is 5.75. The van der Waals surface area contributed by atoms with Crippen molar-refractivity contribution in [3.63, 3.8) is 0 Å². The van der Waals surface area contributed by atoms with Crippen molar-refractivity contribution in [2.45, 2.75) is 42.5 Å². The molecule has 168 valence electrons. The molecule has 0 saturated carbocycles. The summed E-state index contributed by atoms with van der Waals surface area (Å²) in [6.45, 7) is 3.80. The lowest BCUT2D eigenvalue weighted by Gasteiger charge is -2.41. The first kappa shape index (κ1) is 21.3. The van der Waals surface area contributed by atoms with E-state index in [1.165, 1.54) is 21.6 Å². The van der Waals surface area contributed by atoms with Crippen molar-refractivity contribution in [1.82, 2.24) is 14.5 Å². The van der Waals surface area contributed by atoms with Crippen molar-refractivity contribution in [2.24, 2.45) is 0 Å². The Kier molecular flexibility index (Phi) is 5.05. The average molecular weight is 466 g/mol. The maximum Gasteiger partial charge on any atom is 0.318 e. The topological polar surface area (TPSA) is 95.7 Å². The molecule has 0 fully saturated rings. The molecular formula is C24H20FN3O4S. The first-order valence-corrected chi connectivity index (χ1v) is 11.4. The van der Waals surface area contributed by atoms with Gasteiger partial charge in [0.25, 0.3) is 11.9 Å². The number of benzene rings is 1. The van der Waals surface area contributed by atoms with Gasteiger partial charge < -0.3 is 15.1 Å². The van der Waals surface area contributed by atoms with E-state index in [9.17, 15) is 24.2 Å². The zero-order valence-corrected chi connectivity index (χ0v) is 18.7. The number of fused-ring (bicyclic) bond motifs is 3. The number of rotatable bonds is 2. The molecule has 0 spiro atoms. The predicted octanol–water partition coefficient (Wildman–Crippen LogP) is 3.24. The minimum atomic E-state index is -1.08. The van der Waals surface area contributed by atoms with E-state index in [1.54, 1.807) is 23.9 Å². The zero-order valence-electron chi connectivity index (χ0n) is 17.9. The van der Waals surface area contributed by atoms with E-state index >= 15 is 0 Å². The van der Waals surface area contributed by atoms with Gasteiger partial charge in [0, 0.05) is 34.7 Å². The normalized spacial score (nSPS) is 19.4. The Morgan fingerprint density at radius 1 is 1.24 bits per heavy atom. The summed E-state index contributed by atoms with van der Waals surface area (Å²) >= 11 is 1.56. The van der Waals surface area contributed by atoms with E-state index in [0.717, 1.165) is 16.0 Å². The van der Waals surface area contributed by atoms with E-state index in [0.29, 0.717) is 11.3 Å². The van der Waals surface area contributed by atoms with Crippen LogP contribution in [-0.4, -0.2) is 43.2 Å². The van der Waals surface area contributed by atoms with Crippen molar-refractivity contribution in [2.75, 3.05) is 6.54 Å². The quantitative estimate of drug-likeness (QED) is 0.603. The molecule has 2 N–H and O–H groups in total. The van der Waals surface area contributed by atoms with E-state index in [-0.39, 0.29) is 18.3 Å². The van der Waals surface area contributed by atoms with Gasteiger partial charge in [-0.2, -0.15) is 4.98 Å². The fraction of sp³-hybridized carbons (Fsp3) is 0.292. The summed E-state index contributed by atoms with van der Waals surface area (Å²) in [6, 6.07) is 12.8. The van der Waals surface area contributed by atoms with Crippen LogP contribution in [0.1, 0.15) is 53.0 Å². The molecule has 1 aromatic heterocycles. The van der Waals surface area contributed by atoms with Crippen LogP contribution in [0, 0.1) is 17.9 Å². The summed E-state index contributed by atoms with van der Waals surface area (Å²) in [7, 11) is 0. The van der Waals surface area contributed by atoms with Crippen LogP contribution < -0.4 is 5.56 Å². The predicted molar refractivity (Wildman–Crippen MR) is 119 cm³/mol. The summed E-state index contributed by atoms with van der Waals surface area (Å²) < 4.78 is 15.7. The first-order valence-electron chi connectivity index (χ1n) is 10.5. The molecule has 2 atom stereocenters. The summed E-state index contributed by atoms with van der Waals surface area (Å²) in [5.41, 5.74) is 0.975. The van der Waals surface area contributed by atoms with Gasteiger partial charge in [0.15, 0.2) is 5.69 Å². The molecule has 2 aliphatic heterocycles. The lowest BCUT2D eigenvalue weighted by atomic mass is 9.82. The van der Waals surface area contributed by atoms with E-state index in [1.807, 2.05) is 19.9 Å². The molecule has 5 rings (SSSR count). The van der Waals surface area contributed by atoms with Crippen LogP contribution in [0.5, 0.6) is 11.8 Å². The number of hydrogen-bond donors (Lipinski definition) is 2. The third kappa shape index (κ3) is 3.33. The molecule has 2 unspecified atom stereocenters. The van der Waals surface area contributed by atoms with Crippen molar-refractivity contribution in [3.05, 3.63) is 81.0 Å². The van der Waals surface area contributed by atoms with Gasteiger partial charge in [-0.3, -0.25) is 14.2 Å². The molecule has 0 bridgehead atoms. The number of hydrogen-bond acceptors (Lipinski definition) is 6. The second kappa shape index (κ2) is 7.81. The number of halogens is 1. The molecule has 0 radical (unpaired) electrons. The highest BCUT2D eigenvalue weighted by molar-refractivity contribution is 7.98. The molecule has 0 saturated heterocycles. The zero-order chi connectivity index (χ0) is 23.4. The highest BCUT2D eigenvalue weighted by Crippen LogP contribution is 2.48. The molecule has 33 heavy (non-hydrogen) atoms. The molecule has 7 nitrogen and oxygen atoms in total. The van der Waals surface area contributed by atoms with Gasteiger partial charge in [0.05, 0.1) is 6.04 Å². The fourth-order valence-electron chi connectivity index (χ4n) is 4.67. The summed E-state index contributed by atoms with van der Waals surface area (Å²) in [6.07, 6.45) is 0. The summed E-state index contributed by atoms with van der Waals surface area (Å²) in [5, 5.41) is 21.2. The molecule has 9 heteroatoms. The van der Waals surface area contributed by atoms with Gasteiger partial charge in [-0.05, 0) is 55.3 Å². The van der Waals surface area contributed by atoms with Crippen LogP contribution in [0.15, 0.2) is 40.0 Å². The van der Waals surface area contributed by atoms with Crippen molar-refractivity contribution < 1.29 is 19.4 Å². The molecule has 1 amide bonds. The Morgan fingerprint density at radius 3 is 2.79 bits per heavy atom. The van der Waals surface area contributed by atoms with Crippen LogP contribution in [0.2, 0.25) is 0 Å². The van der Waals surface area contributed by atoms with Crippen LogP contribution in [-0.2, 0) is 5.75 Å². The number of aromatic nitrogens is 2. The van der Waals surface area contributed by atoms with Gasteiger partial charge in [0.1, 0.15) is 5.82 Å². The minimum Gasteiger partial charge on any atom is -0.501 e. The molecule has 2 aromatic carbocycles. The highest BCUT2D eigenvalue weighted by Gasteiger charge is 2.43. The first-order chi connectivity index (χ1) is 15.8. The Bertz CT molecular complexity index is 1340. The van der Waals surface area contributed by atoms with Crippen LogP contribution in [0.3, 0.4) is 0 Å². The molecule has 3 aromatic rings. The number of amides is 1. The van der Waals surface area contributed by atoms with E-state index < -0.39 is 41.0 Å². The smallest absolute Gasteiger partial charge is 0.318 e. The third-order valence-corrected chi connectivity index (χ3v) is 7.33. The Morgan fingerprint density at radius 2 is 2.03 bits per heavy atom. The van der Waals surface area contributed by atoms with Gasteiger partial charge in [-0.15, -0.1) is 11.8 Å². The minimum absolute atomic E-state index is 0.147. The second-order valence-corrected chi connectivity index (χ2v) is 9.41. The van der Waals surface area contributed by atoms with Crippen molar-refractivity contribution in [1.29, 1.82) is 0 Å². The molecule has 0 aliphatic carbocycles. The van der Waals surface area contributed by atoms with Gasteiger partial charge in [-0.1, -0.05) is 12.1 Å². The number of carbonyl (C=O) groups excluding carboxylic acids is 1. The van der Waals surface area contributed by atoms with E-state index in [4.69, 9.17) is 0 Å². The van der Waals surface area contributed by atoms with Gasteiger partial charge in [0.2, 0.25) is 5.75 Å². The maximum atomic E-state index is 14.5. The lowest BCUT2D eigenvalue weighted by molar-refractivity contribution is 0.0572. The molecular weight excluding hydrogens is 445 g/mol. The van der Waals surface area contributed by atoms with Crippen LogP contribution in [0.25, 0.3) is 0 Å². The lowest BCUT2D eigenvalue weighted by Crippen LogP contribution is -2.49. The average Bonchev–Trinajstić information content (AvgIpc) is 2.93. The monoisotopic (exact) mass is 465 g/mol. The third-order valence-electron chi connectivity index (χ3n) is 6.19. The Balaban J connectivity index is 1.84. The second-order valence-electron chi connectivity index (χ2n) is 8.39.